The lowest BCUT2D eigenvalue weighted by molar-refractivity contribution is 0.0733. The summed E-state index contributed by atoms with van der Waals surface area (Å²) in [6.07, 6.45) is 3.52. The van der Waals surface area contributed by atoms with Crippen LogP contribution < -0.4 is 4.74 Å². The van der Waals surface area contributed by atoms with Crippen LogP contribution in [0.15, 0.2) is 59.2 Å². The third-order valence-corrected chi connectivity index (χ3v) is 7.78. The highest BCUT2D eigenvalue weighted by atomic mass is 79.9. The Kier molecular flexibility index (Phi) is 8.60. The van der Waals surface area contributed by atoms with Crippen LogP contribution in [0.2, 0.25) is 5.02 Å². The minimum Gasteiger partial charge on any atom is -0.496 e. The molecule has 0 spiro atoms. The number of methoxy groups -OCH3 is 1. The number of ether oxygens (including phenoxy) is 1. The molecule has 0 aliphatic carbocycles. The molecule has 0 bridgehead atoms. The fourth-order valence-corrected chi connectivity index (χ4v) is 5.14. The van der Waals surface area contributed by atoms with Crippen LogP contribution in [0.4, 0.5) is 0 Å². The maximum atomic E-state index is 13.9. The minimum absolute atomic E-state index is 0.0724. The Hall–Kier alpha value is -2.83. The number of hydrogen-bond donors (Lipinski definition) is 0. The largest absolute Gasteiger partial charge is 0.496 e. The van der Waals surface area contributed by atoms with E-state index >= 15 is 0 Å². The van der Waals surface area contributed by atoms with Crippen molar-refractivity contribution in [2.24, 2.45) is 5.92 Å². The van der Waals surface area contributed by atoms with Crippen LogP contribution in [0.25, 0.3) is 5.65 Å². The number of benzene rings is 2. The van der Waals surface area contributed by atoms with Crippen molar-refractivity contribution in [3.63, 3.8) is 0 Å². The van der Waals surface area contributed by atoms with Gasteiger partial charge in [0.2, 0.25) is 0 Å². The highest BCUT2D eigenvalue weighted by molar-refractivity contribution is 9.10. The van der Waals surface area contributed by atoms with E-state index in [9.17, 15) is 4.79 Å². The van der Waals surface area contributed by atoms with Gasteiger partial charge in [0.1, 0.15) is 11.4 Å². The van der Waals surface area contributed by atoms with Crippen molar-refractivity contribution in [3.05, 3.63) is 97.9 Å². The zero-order valence-electron chi connectivity index (χ0n) is 22.0. The predicted molar refractivity (Wildman–Crippen MR) is 154 cm³/mol. The molecule has 37 heavy (non-hydrogen) atoms. The monoisotopic (exact) mass is 581 g/mol. The summed E-state index contributed by atoms with van der Waals surface area (Å²) in [5, 5.41) is 0.522. The highest BCUT2D eigenvalue weighted by Gasteiger charge is 2.24. The first-order chi connectivity index (χ1) is 17.7. The number of nitrogens with zero attached hydrogens (tertiary/aromatic N) is 3. The van der Waals surface area contributed by atoms with E-state index in [0.717, 1.165) is 50.4 Å². The molecular weight excluding hydrogens is 550 g/mol. The van der Waals surface area contributed by atoms with Crippen LogP contribution in [-0.2, 0) is 13.0 Å². The standard InChI is InChI=1S/C30H33BrClN3O2/c1-19(2)13-15-34(30(36)24-11-9-20(3)21(4)29(24)32)18-25-26(35-14-7-6-8-28(35)33-25)17-22-16-23(31)10-12-27(22)37-5/h6-12,14,16,19H,13,15,17-18H2,1-5H3. The van der Waals surface area contributed by atoms with Gasteiger partial charge in [0.15, 0.2) is 0 Å². The lowest BCUT2D eigenvalue weighted by atomic mass is 10.0. The van der Waals surface area contributed by atoms with Crippen LogP contribution in [0.1, 0.15) is 58.7 Å². The number of halogens is 2. The summed E-state index contributed by atoms with van der Waals surface area (Å²) in [4.78, 5) is 20.7. The number of carbonyl (C=O) groups is 1. The van der Waals surface area contributed by atoms with E-state index in [-0.39, 0.29) is 5.91 Å². The van der Waals surface area contributed by atoms with Gasteiger partial charge in [0.05, 0.1) is 35.6 Å². The first kappa shape index (κ1) is 27.2. The van der Waals surface area contributed by atoms with E-state index in [0.29, 0.717) is 36.0 Å². The molecule has 1 amide bonds. The van der Waals surface area contributed by atoms with Gasteiger partial charge in [-0.3, -0.25) is 4.79 Å². The van der Waals surface area contributed by atoms with Crippen LogP contribution in [0.5, 0.6) is 5.75 Å². The van der Waals surface area contributed by atoms with E-state index in [2.05, 4.69) is 40.2 Å². The molecule has 7 heteroatoms. The Bertz CT molecular complexity index is 1430. The molecule has 5 nitrogen and oxygen atoms in total. The molecule has 194 valence electrons. The van der Waals surface area contributed by atoms with Crippen molar-refractivity contribution >= 4 is 39.1 Å². The fourth-order valence-electron chi connectivity index (χ4n) is 4.44. The van der Waals surface area contributed by atoms with Crippen molar-refractivity contribution in [3.8, 4) is 5.75 Å². The average Bonchev–Trinajstić information content (AvgIpc) is 3.21. The average molecular weight is 583 g/mol. The molecule has 0 unspecified atom stereocenters. The summed E-state index contributed by atoms with van der Waals surface area (Å²) in [5.74, 6) is 1.20. The molecule has 2 heterocycles. The zero-order valence-corrected chi connectivity index (χ0v) is 24.4. The Morgan fingerprint density at radius 3 is 2.68 bits per heavy atom. The van der Waals surface area contributed by atoms with Gasteiger partial charge in [-0.25, -0.2) is 4.98 Å². The number of imidazole rings is 1. The second-order valence-electron chi connectivity index (χ2n) is 9.85. The zero-order chi connectivity index (χ0) is 26.7. The number of hydrogen-bond acceptors (Lipinski definition) is 3. The maximum absolute atomic E-state index is 13.9. The van der Waals surface area contributed by atoms with Crippen molar-refractivity contribution in [1.29, 1.82) is 0 Å². The third-order valence-electron chi connectivity index (χ3n) is 6.80. The summed E-state index contributed by atoms with van der Waals surface area (Å²) < 4.78 is 8.73. The van der Waals surface area contributed by atoms with E-state index < -0.39 is 0 Å². The fraction of sp³-hybridized carbons (Fsp3) is 0.333. The predicted octanol–water partition coefficient (Wildman–Crippen LogP) is 7.65. The molecule has 2 aromatic carbocycles. The topological polar surface area (TPSA) is 46.8 Å². The second kappa shape index (κ2) is 11.7. The van der Waals surface area contributed by atoms with Gasteiger partial charge in [0, 0.05) is 29.2 Å². The molecule has 0 aliphatic heterocycles. The van der Waals surface area contributed by atoms with Crippen molar-refractivity contribution in [2.45, 2.75) is 47.1 Å². The number of fused-ring (bicyclic) bond motifs is 1. The molecular formula is C30H33BrClN3O2. The Balaban J connectivity index is 1.76. The van der Waals surface area contributed by atoms with E-state index in [1.165, 1.54) is 0 Å². The molecule has 0 saturated carbocycles. The van der Waals surface area contributed by atoms with E-state index in [1.54, 1.807) is 7.11 Å². The number of aryl methyl sites for hydroxylation is 1. The van der Waals surface area contributed by atoms with Gasteiger partial charge in [-0.15, -0.1) is 0 Å². The van der Waals surface area contributed by atoms with Crippen LogP contribution in [0, 0.1) is 19.8 Å². The van der Waals surface area contributed by atoms with Crippen LogP contribution in [0.3, 0.4) is 0 Å². The number of carbonyl (C=O) groups excluding carboxylic acids is 1. The summed E-state index contributed by atoms with van der Waals surface area (Å²) in [6.45, 7) is 9.31. The van der Waals surface area contributed by atoms with Gasteiger partial charge >= 0.3 is 0 Å². The lowest BCUT2D eigenvalue weighted by Gasteiger charge is -2.24. The second-order valence-corrected chi connectivity index (χ2v) is 11.1. The number of amides is 1. The van der Waals surface area contributed by atoms with Crippen LogP contribution >= 0.6 is 27.5 Å². The van der Waals surface area contributed by atoms with E-state index in [1.807, 2.05) is 67.4 Å². The summed E-state index contributed by atoms with van der Waals surface area (Å²) in [6, 6.07) is 15.8. The smallest absolute Gasteiger partial charge is 0.255 e. The molecule has 0 fully saturated rings. The van der Waals surface area contributed by atoms with E-state index in [4.69, 9.17) is 21.3 Å². The molecule has 0 saturated heterocycles. The molecule has 4 aromatic rings. The van der Waals surface area contributed by atoms with Gasteiger partial charge in [-0.2, -0.15) is 0 Å². The van der Waals surface area contributed by atoms with Gasteiger partial charge in [0.25, 0.3) is 5.91 Å². The lowest BCUT2D eigenvalue weighted by Crippen LogP contribution is -2.33. The van der Waals surface area contributed by atoms with Gasteiger partial charge in [-0.05, 0) is 73.7 Å². The maximum Gasteiger partial charge on any atom is 0.255 e. The normalized spacial score (nSPS) is 11.4. The van der Waals surface area contributed by atoms with Crippen molar-refractivity contribution < 1.29 is 9.53 Å². The Labute approximate surface area is 232 Å². The highest BCUT2D eigenvalue weighted by Crippen LogP contribution is 2.29. The Morgan fingerprint density at radius 2 is 1.95 bits per heavy atom. The molecule has 0 N–H and O–H groups in total. The number of rotatable bonds is 9. The molecule has 4 rings (SSSR count). The van der Waals surface area contributed by atoms with Crippen molar-refractivity contribution in [2.75, 3.05) is 13.7 Å². The molecule has 0 aliphatic rings. The first-order valence-corrected chi connectivity index (χ1v) is 13.7. The summed E-state index contributed by atoms with van der Waals surface area (Å²) in [7, 11) is 1.68. The molecule has 2 aromatic heterocycles. The Morgan fingerprint density at radius 1 is 1.16 bits per heavy atom. The first-order valence-electron chi connectivity index (χ1n) is 12.5. The minimum atomic E-state index is -0.0724. The van der Waals surface area contributed by atoms with Crippen LogP contribution in [-0.4, -0.2) is 33.8 Å². The molecule has 0 atom stereocenters. The molecule has 0 radical (unpaired) electrons. The summed E-state index contributed by atoms with van der Waals surface area (Å²) >= 11 is 10.3. The number of aromatic nitrogens is 2. The quantitative estimate of drug-likeness (QED) is 0.204. The SMILES string of the molecule is COc1ccc(Br)cc1Cc1c(CN(CCC(C)C)C(=O)c2ccc(C)c(C)c2Cl)nc2ccccn12. The van der Waals surface area contributed by atoms with Gasteiger partial charge in [-0.1, -0.05) is 53.5 Å². The van der Waals surface area contributed by atoms with Gasteiger partial charge < -0.3 is 14.0 Å². The summed E-state index contributed by atoms with van der Waals surface area (Å²) in [5.41, 5.74) is 6.33. The van der Waals surface area contributed by atoms with Crippen molar-refractivity contribution in [1.82, 2.24) is 14.3 Å². The third kappa shape index (κ3) is 6.02. The number of pyridine rings is 1.